The van der Waals surface area contributed by atoms with Gasteiger partial charge >= 0.3 is 0 Å². The van der Waals surface area contributed by atoms with Gasteiger partial charge in [0.25, 0.3) is 0 Å². The van der Waals surface area contributed by atoms with Crippen LogP contribution in [0.2, 0.25) is 0 Å². The number of hydrogen-bond donors (Lipinski definition) is 0. The Bertz CT molecular complexity index is 469. The van der Waals surface area contributed by atoms with E-state index in [2.05, 4.69) is 57.0 Å². The topological polar surface area (TPSA) is 0 Å². The highest BCUT2D eigenvalue weighted by Crippen LogP contribution is 2.29. The van der Waals surface area contributed by atoms with Crippen molar-refractivity contribution in [2.75, 3.05) is 0 Å². The van der Waals surface area contributed by atoms with Crippen LogP contribution in [0, 0.1) is 6.92 Å². The minimum Gasteiger partial charge on any atom is -0.0620 e. The fourth-order valence-corrected chi connectivity index (χ4v) is 2.80. The van der Waals surface area contributed by atoms with Crippen molar-refractivity contribution in [3.05, 3.63) is 63.9 Å². The van der Waals surface area contributed by atoms with Crippen molar-refractivity contribution in [1.29, 1.82) is 0 Å². The van der Waals surface area contributed by atoms with E-state index in [1.807, 2.05) is 24.3 Å². The zero-order valence-corrected chi connectivity index (χ0v) is 11.2. The van der Waals surface area contributed by atoms with Crippen LogP contribution in [0.15, 0.2) is 51.4 Å². The Balaban J connectivity index is 2.59. The summed E-state index contributed by atoms with van der Waals surface area (Å²) in [6, 6.07) is 14.3. The highest BCUT2D eigenvalue weighted by molar-refractivity contribution is 9.11. The van der Waals surface area contributed by atoms with Crippen LogP contribution in [0.4, 0.5) is 0 Å². The third-order valence-corrected chi connectivity index (χ3v) is 3.11. The second-order valence-electron chi connectivity index (χ2n) is 3.32. The lowest BCUT2D eigenvalue weighted by molar-refractivity contribution is 1.53. The van der Waals surface area contributed by atoms with Crippen LogP contribution < -0.4 is 0 Å². The zero-order valence-electron chi connectivity index (χ0n) is 8.00. The SMILES string of the molecule is [CH2]c1ccccc1-c1cc(Br)cc(Br)c1. The first-order valence-corrected chi connectivity index (χ1v) is 6.13. The predicted octanol–water partition coefficient (Wildman–Crippen LogP) is 5.06. The molecular formula is C13H9Br2. The van der Waals surface area contributed by atoms with Crippen molar-refractivity contribution in [2.45, 2.75) is 0 Å². The Morgan fingerprint density at radius 2 is 1.47 bits per heavy atom. The molecule has 0 heterocycles. The number of rotatable bonds is 1. The molecule has 1 radical (unpaired) electrons. The van der Waals surface area contributed by atoms with Gasteiger partial charge in [-0.05, 0) is 41.8 Å². The van der Waals surface area contributed by atoms with Gasteiger partial charge in [-0.2, -0.15) is 0 Å². The molecule has 0 amide bonds. The van der Waals surface area contributed by atoms with Gasteiger partial charge in [-0.3, -0.25) is 0 Å². The minimum absolute atomic E-state index is 1.04. The van der Waals surface area contributed by atoms with Crippen molar-refractivity contribution >= 4 is 31.9 Å². The van der Waals surface area contributed by atoms with Gasteiger partial charge in [0.15, 0.2) is 0 Å². The Labute approximate surface area is 107 Å². The van der Waals surface area contributed by atoms with Gasteiger partial charge in [-0.25, -0.2) is 0 Å². The van der Waals surface area contributed by atoms with Crippen LogP contribution in [0.5, 0.6) is 0 Å². The lowest BCUT2D eigenvalue weighted by Gasteiger charge is -2.06. The summed E-state index contributed by atoms with van der Waals surface area (Å²) in [7, 11) is 0. The third-order valence-electron chi connectivity index (χ3n) is 2.19. The molecule has 0 bridgehead atoms. The Morgan fingerprint density at radius 1 is 0.867 bits per heavy atom. The monoisotopic (exact) mass is 323 g/mol. The van der Waals surface area contributed by atoms with Gasteiger partial charge in [0.2, 0.25) is 0 Å². The quantitative estimate of drug-likeness (QED) is 0.687. The number of halogens is 2. The smallest absolute Gasteiger partial charge is 0.0192 e. The van der Waals surface area contributed by atoms with Crippen LogP contribution in [-0.2, 0) is 0 Å². The van der Waals surface area contributed by atoms with Crippen molar-refractivity contribution < 1.29 is 0 Å². The van der Waals surface area contributed by atoms with E-state index in [1.54, 1.807) is 0 Å². The first kappa shape index (κ1) is 10.9. The standard InChI is InChI=1S/C13H9Br2/c1-9-4-2-3-5-13(9)10-6-11(14)8-12(15)7-10/h2-8H,1H2. The maximum atomic E-state index is 4.03. The summed E-state index contributed by atoms with van der Waals surface area (Å²) in [5.74, 6) is 0. The fourth-order valence-electron chi connectivity index (χ4n) is 1.51. The molecule has 0 unspecified atom stereocenters. The van der Waals surface area contributed by atoms with Crippen molar-refractivity contribution in [3.8, 4) is 11.1 Å². The number of benzene rings is 2. The second-order valence-corrected chi connectivity index (χ2v) is 5.15. The van der Waals surface area contributed by atoms with Crippen molar-refractivity contribution in [2.24, 2.45) is 0 Å². The Hall–Kier alpha value is -0.600. The van der Waals surface area contributed by atoms with Crippen molar-refractivity contribution in [1.82, 2.24) is 0 Å². The van der Waals surface area contributed by atoms with E-state index in [0.717, 1.165) is 14.5 Å². The summed E-state index contributed by atoms with van der Waals surface area (Å²) in [5, 5.41) is 0. The third kappa shape index (κ3) is 2.50. The molecule has 0 fully saturated rings. The van der Waals surface area contributed by atoms with E-state index in [4.69, 9.17) is 0 Å². The van der Waals surface area contributed by atoms with E-state index < -0.39 is 0 Å². The van der Waals surface area contributed by atoms with E-state index >= 15 is 0 Å². The molecule has 2 aromatic carbocycles. The number of hydrogen-bond acceptors (Lipinski definition) is 0. The van der Waals surface area contributed by atoms with Crippen LogP contribution in [0.25, 0.3) is 11.1 Å². The molecule has 75 valence electrons. The van der Waals surface area contributed by atoms with Crippen LogP contribution in [0.1, 0.15) is 5.56 Å². The van der Waals surface area contributed by atoms with Gasteiger partial charge in [0.05, 0.1) is 0 Å². The summed E-state index contributed by atoms with van der Waals surface area (Å²) < 4.78 is 2.13. The first-order chi connectivity index (χ1) is 7.16. The predicted molar refractivity (Wildman–Crippen MR) is 71.7 cm³/mol. The molecule has 0 saturated carbocycles. The molecular weight excluding hydrogens is 316 g/mol. The van der Waals surface area contributed by atoms with E-state index in [0.29, 0.717) is 0 Å². The highest BCUT2D eigenvalue weighted by Gasteiger charge is 2.02. The summed E-state index contributed by atoms with van der Waals surface area (Å²) in [6.45, 7) is 4.03. The Kier molecular flexibility index (Phi) is 3.27. The first-order valence-electron chi connectivity index (χ1n) is 4.54. The Morgan fingerprint density at radius 3 is 2.07 bits per heavy atom. The molecule has 15 heavy (non-hydrogen) atoms. The molecule has 0 aromatic heterocycles. The van der Waals surface area contributed by atoms with Crippen molar-refractivity contribution in [3.63, 3.8) is 0 Å². The molecule has 0 nitrogen and oxygen atoms in total. The normalized spacial score (nSPS) is 10.3. The molecule has 0 N–H and O–H groups in total. The minimum atomic E-state index is 1.04. The second kappa shape index (κ2) is 4.50. The van der Waals surface area contributed by atoms with Gasteiger partial charge in [0, 0.05) is 8.95 Å². The summed E-state index contributed by atoms with van der Waals surface area (Å²) >= 11 is 6.97. The molecule has 2 aromatic rings. The van der Waals surface area contributed by atoms with E-state index in [1.165, 1.54) is 11.1 Å². The average molecular weight is 325 g/mol. The van der Waals surface area contributed by atoms with Gasteiger partial charge in [-0.1, -0.05) is 56.1 Å². The van der Waals surface area contributed by atoms with Gasteiger partial charge < -0.3 is 0 Å². The molecule has 0 spiro atoms. The summed E-state index contributed by atoms with van der Waals surface area (Å²) in [6.07, 6.45) is 0. The summed E-state index contributed by atoms with van der Waals surface area (Å²) in [5.41, 5.74) is 3.38. The van der Waals surface area contributed by atoms with E-state index in [9.17, 15) is 0 Å². The molecule has 0 saturated heterocycles. The highest BCUT2D eigenvalue weighted by atomic mass is 79.9. The molecule has 2 heteroatoms. The maximum Gasteiger partial charge on any atom is 0.0192 e. The van der Waals surface area contributed by atoms with Crippen LogP contribution in [-0.4, -0.2) is 0 Å². The van der Waals surface area contributed by atoms with Crippen LogP contribution in [0.3, 0.4) is 0 Å². The summed E-state index contributed by atoms with van der Waals surface area (Å²) in [4.78, 5) is 0. The van der Waals surface area contributed by atoms with Gasteiger partial charge in [0.1, 0.15) is 0 Å². The zero-order chi connectivity index (χ0) is 10.8. The van der Waals surface area contributed by atoms with E-state index in [-0.39, 0.29) is 0 Å². The molecule has 0 atom stereocenters. The lowest BCUT2D eigenvalue weighted by atomic mass is 10.0. The van der Waals surface area contributed by atoms with Crippen LogP contribution >= 0.6 is 31.9 Å². The molecule has 0 aliphatic heterocycles. The maximum absolute atomic E-state index is 4.03. The van der Waals surface area contributed by atoms with Gasteiger partial charge in [-0.15, -0.1) is 0 Å². The molecule has 0 aliphatic carbocycles. The molecule has 2 rings (SSSR count). The fraction of sp³-hybridized carbons (Fsp3) is 0. The molecule has 0 aliphatic rings. The largest absolute Gasteiger partial charge is 0.0620 e. The average Bonchev–Trinajstić information content (AvgIpc) is 2.16. The lowest BCUT2D eigenvalue weighted by Crippen LogP contribution is -1.82.